The molecule has 0 aliphatic heterocycles. The first kappa shape index (κ1) is 12.2. The second kappa shape index (κ2) is 5.35. The van der Waals surface area contributed by atoms with Crippen LogP contribution >= 0.6 is 0 Å². The summed E-state index contributed by atoms with van der Waals surface area (Å²) in [5.41, 5.74) is 1.37. The van der Waals surface area contributed by atoms with Gasteiger partial charge in [0, 0.05) is 0 Å². The van der Waals surface area contributed by atoms with Gasteiger partial charge >= 0.3 is 0 Å². The molecule has 1 amide bonds. The van der Waals surface area contributed by atoms with Crippen LogP contribution in [0.3, 0.4) is 0 Å². The molecule has 0 atom stereocenters. The predicted octanol–water partition coefficient (Wildman–Crippen LogP) is 2.17. The van der Waals surface area contributed by atoms with E-state index in [-0.39, 0.29) is 12.3 Å². The Balaban J connectivity index is 2.05. The van der Waals surface area contributed by atoms with Crippen LogP contribution < -0.4 is 10.1 Å². The number of hydrogen-bond donors (Lipinski definition) is 1. The highest BCUT2D eigenvalue weighted by Gasteiger charge is 2.11. The van der Waals surface area contributed by atoms with E-state index >= 15 is 0 Å². The highest BCUT2D eigenvalue weighted by molar-refractivity contribution is 5.93. The van der Waals surface area contributed by atoms with Crippen molar-refractivity contribution in [2.24, 2.45) is 0 Å². The number of nitrogens with one attached hydrogen (secondary N) is 1. The Morgan fingerprint density at radius 3 is 2.89 bits per heavy atom. The normalized spacial score (nSPS) is 10.1. The first-order valence-electron chi connectivity index (χ1n) is 5.52. The molecule has 2 aromatic rings. The van der Waals surface area contributed by atoms with Crippen LogP contribution in [0.1, 0.15) is 11.5 Å². The maximum Gasteiger partial charge on any atom is 0.232 e. The Morgan fingerprint density at radius 2 is 2.22 bits per heavy atom. The summed E-state index contributed by atoms with van der Waals surface area (Å²) in [4.78, 5) is 15.8. The number of ether oxygens (including phenoxy) is 1. The SMILES string of the molecule is COc1ccccc1NC(=O)Cc1ocnc1C. The lowest BCUT2D eigenvalue weighted by molar-refractivity contribution is -0.115. The molecule has 1 heterocycles. The minimum atomic E-state index is -0.167. The Bertz CT molecular complexity index is 549. The summed E-state index contributed by atoms with van der Waals surface area (Å²) in [7, 11) is 1.56. The fourth-order valence-corrected chi connectivity index (χ4v) is 1.58. The summed E-state index contributed by atoms with van der Waals surface area (Å²) in [6.45, 7) is 1.80. The number of para-hydroxylation sites is 2. The van der Waals surface area contributed by atoms with Crippen LogP contribution in [0, 0.1) is 6.92 Å². The number of carbonyl (C=O) groups excluding carboxylic acids is 1. The van der Waals surface area contributed by atoms with Crippen molar-refractivity contribution < 1.29 is 13.9 Å². The molecule has 1 aromatic heterocycles. The van der Waals surface area contributed by atoms with E-state index in [1.165, 1.54) is 6.39 Å². The van der Waals surface area contributed by atoms with Gasteiger partial charge in [-0.2, -0.15) is 0 Å². The summed E-state index contributed by atoms with van der Waals surface area (Å²) in [5, 5.41) is 2.78. The van der Waals surface area contributed by atoms with Crippen molar-refractivity contribution in [3.63, 3.8) is 0 Å². The van der Waals surface area contributed by atoms with E-state index in [1.807, 2.05) is 12.1 Å². The Kier molecular flexibility index (Phi) is 3.62. The molecule has 0 aliphatic rings. The highest BCUT2D eigenvalue weighted by atomic mass is 16.5. The van der Waals surface area contributed by atoms with Gasteiger partial charge in [-0.15, -0.1) is 0 Å². The number of carbonyl (C=O) groups is 1. The quantitative estimate of drug-likeness (QED) is 0.898. The molecular weight excluding hydrogens is 232 g/mol. The third-order valence-corrected chi connectivity index (χ3v) is 2.55. The van der Waals surface area contributed by atoms with E-state index < -0.39 is 0 Å². The molecule has 0 saturated carbocycles. The van der Waals surface area contributed by atoms with Gasteiger partial charge in [0.15, 0.2) is 6.39 Å². The van der Waals surface area contributed by atoms with Crippen LogP contribution in [0.2, 0.25) is 0 Å². The molecule has 5 heteroatoms. The van der Waals surface area contributed by atoms with Crippen LogP contribution in [-0.2, 0) is 11.2 Å². The third kappa shape index (κ3) is 2.68. The fraction of sp³-hybridized carbons (Fsp3) is 0.231. The average molecular weight is 246 g/mol. The van der Waals surface area contributed by atoms with Crippen molar-refractivity contribution in [2.45, 2.75) is 13.3 Å². The summed E-state index contributed by atoms with van der Waals surface area (Å²) in [5.74, 6) is 1.03. The molecular formula is C13H14N2O3. The molecule has 0 radical (unpaired) electrons. The molecule has 18 heavy (non-hydrogen) atoms. The summed E-state index contributed by atoms with van der Waals surface area (Å²) in [6.07, 6.45) is 1.49. The van der Waals surface area contributed by atoms with E-state index in [0.29, 0.717) is 17.2 Å². The molecule has 94 valence electrons. The smallest absolute Gasteiger partial charge is 0.232 e. The standard InChI is InChI=1S/C13H14N2O3/c1-9-12(18-8-14-9)7-13(16)15-10-5-3-4-6-11(10)17-2/h3-6,8H,7H2,1-2H3,(H,15,16). The summed E-state index contributed by atoms with van der Waals surface area (Å²) in [6, 6.07) is 7.24. The number of nitrogens with zero attached hydrogens (tertiary/aromatic N) is 1. The molecule has 0 unspecified atom stereocenters. The topological polar surface area (TPSA) is 64.4 Å². The highest BCUT2D eigenvalue weighted by Crippen LogP contribution is 2.23. The van der Waals surface area contributed by atoms with Gasteiger partial charge in [0.1, 0.15) is 11.5 Å². The number of hydrogen-bond acceptors (Lipinski definition) is 4. The van der Waals surface area contributed by atoms with Crippen LogP contribution in [0.5, 0.6) is 5.75 Å². The predicted molar refractivity (Wildman–Crippen MR) is 66.6 cm³/mol. The van der Waals surface area contributed by atoms with Crippen LogP contribution in [0.4, 0.5) is 5.69 Å². The van der Waals surface area contributed by atoms with E-state index in [9.17, 15) is 4.79 Å². The third-order valence-electron chi connectivity index (χ3n) is 2.55. The maximum atomic E-state index is 11.8. The lowest BCUT2D eigenvalue weighted by Gasteiger charge is -2.09. The zero-order valence-corrected chi connectivity index (χ0v) is 10.3. The van der Waals surface area contributed by atoms with Crippen LogP contribution in [0.25, 0.3) is 0 Å². The van der Waals surface area contributed by atoms with Crippen molar-refractivity contribution in [3.05, 3.63) is 42.1 Å². The zero-order valence-electron chi connectivity index (χ0n) is 10.3. The van der Waals surface area contributed by atoms with Crippen molar-refractivity contribution in [2.75, 3.05) is 12.4 Å². The molecule has 5 nitrogen and oxygen atoms in total. The number of oxazole rings is 1. The zero-order chi connectivity index (χ0) is 13.0. The molecule has 1 N–H and O–H groups in total. The van der Waals surface area contributed by atoms with E-state index in [0.717, 1.165) is 5.69 Å². The lowest BCUT2D eigenvalue weighted by Crippen LogP contribution is -2.15. The van der Waals surface area contributed by atoms with Gasteiger partial charge in [0.2, 0.25) is 5.91 Å². The first-order chi connectivity index (χ1) is 8.70. The van der Waals surface area contributed by atoms with Crippen LogP contribution in [0.15, 0.2) is 35.1 Å². The largest absolute Gasteiger partial charge is 0.495 e. The van der Waals surface area contributed by atoms with Crippen LogP contribution in [-0.4, -0.2) is 18.0 Å². The average Bonchev–Trinajstić information content (AvgIpc) is 2.75. The fourth-order valence-electron chi connectivity index (χ4n) is 1.58. The number of amides is 1. The summed E-state index contributed by atoms with van der Waals surface area (Å²) >= 11 is 0. The van der Waals surface area contributed by atoms with Crippen molar-refractivity contribution in [1.82, 2.24) is 4.98 Å². The number of methoxy groups -OCH3 is 1. The molecule has 0 spiro atoms. The minimum Gasteiger partial charge on any atom is -0.495 e. The molecule has 1 aromatic carbocycles. The number of aryl methyl sites for hydroxylation is 1. The molecule has 0 aliphatic carbocycles. The van der Waals surface area contributed by atoms with Gasteiger partial charge < -0.3 is 14.5 Å². The number of benzene rings is 1. The first-order valence-corrected chi connectivity index (χ1v) is 5.52. The van der Waals surface area contributed by atoms with Gasteiger partial charge in [-0.1, -0.05) is 12.1 Å². The molecule has 0 bridgehead atoms. The number of anilines is 1. The second-order valence-corrected chi connectivity index (χ2v) is 3.79. The van der Waals surface area contributed by atoms with Gasteiger partial charge in [-0.25, -0.2) is 4.98 Å². The maximum absolute atomic E-state index is 11.8. The van der Waals surface area contributed by atoms with E-state index in [2.05, 4.69) is 10.3 Å². The number of rotatable bonds is 4. The van der Waals surface area contributed by atoms with Crippen molar-refractivity contribution >= 4 is 11.6 Å². The van der Waals surface area contributed by atoms with Gasteiger partial charge in [0.25, 0.3) is 0 Å². The second-order valence-electron chi connectivity index (χ2n) is 3.79. The van der Waals surface area contributed by atoms with E-state index in [4.69, 9.17) is 9.15 Å². The van der Waals surface area contributed by atoms with Gasteiger partial charge in [-0.3, -0.25) is 4.79 Å². The Hall–Kier alpha value is -2.30. The lowest BCUT2D eigenvalue weighted by atomic mass is 10.2. The van der Waals surface area contributed by atoms with Crippen molar-refractivity contribution in [3.8, 4) is 5.75 Å². The van der Waals surface area contributed by atoms with Gasteiger partial charge in [0.05, 0.1) is 24.9 Å². The number of aromatic nitrogens is 1. The van der Waals surface area contributed by atoms with Crippen molar-refractivity contribution in [1.29, 1.82) is 0 Å². The monoisotopic (exact) mass is 246 g/mol. The summed E-state index contributed by atoms with van der Waals surface area (Å²) < 4.78 is 10.3. The molecule has 2 rings (SSSR count). The Labute approximate surface area is 105 Å². The molecule has 0 fully saturated rings. The Morgan fingerprint density at radius 1 is 1.44 bits per heavy atom. The minimum absolute atomic E-state index is 0.157. The molecule has 0 saturated heterocycles. The van der Waals surface area contributed by atoms with E-state index in [1.54, 1.807) is 26.2 Å². The van der Waals surface area contributed by atoms with Gasteiger partial charge in [-0.05, 0) is 19.1 Å².